The van der Waals surface area contributed by atoms with Gasteiger partial charge in [0.15, 0.2) is 0 Å². The maximum Gasteiger partial charge on any atom is 0.272 e. The molecule has 2 aliphatic heterocycles. The minimum Gasteiger partial charge on any atom is -0.336 e. The molecular weight excluding hydrogens is 252 g/mol. The summed E-state index contributed by atoms with van der Waals surface area (Å²) >= 11 is 0. The van der Waals surface area contributed by atoms with Gasteiger partial charge in [-0.3, -0.25) is 9.69 Å². The number of aromatic nitrogens is 1. The second-order valence-corrected chi connectivity index (χ2v) is 5.48. The van der Waals surface area contributed by atoms with Gasteiger partial charge in [-0.2, -0.15) is 5.26 Å². The lowest BCUT2D eigenvalue weighted by Gasteiger charge is -2.25. The number of carbonyl (C=O) groups is 1. The average Bonchev–Trinajstić information content (AvgIpc) is 2.83. The summed E-state index contributed by atoms with van der Waals surface area (Å²) in [5.41, 5.74) is 0.926. The molecule has 104 valence electrons. The van der Waals surface area contributed by atoms with Gasteiger partial charge in [-0.05, 0) is 37.9 Å². The summed E-state index contributed by atoms with van der Waals surface area (Å²) in [5, 5.41) is 8.76. The lowest BCUT2D eigenvalue weighted by molar-refractivity contribution is 0.0737. The van der Waals surface area contributed by atoms with Gasteiger partial charge in [0.2, 0.25) is 0 Å². The number of fused-ring (bicyclic) bond motifs is 1. The molecule has 1 aromatic rings. The first kappa shape index (κ1) is 13.1. The molecule has 20 heavy (non-hydrogen) atoms. The Morgan fingerprint density at radius 1 is 1.30 bits per heavy atom. The van der Waals surface area contributed by atoms with Crippen LogP contribution >= 0.6 is 0 Å². The average molecular weight is 270 g/mol. The topological polar surface area (TPSA) is 60.2 Å². The molecule has 3 rings (SSSR count). The predicted molar refractivity (Wildman–Crippen MR) is 74.1 cm³/mol. The number of rotatable bonds is 1. The van der Waals surface area contributed by atoms with E-state index < -0.39 is 0 Å². The molecule has 2 saturated heterocycles. The van der Waals surface area contributed by atoms with E-state index in [1.807, 2.05) is 11.0 Å². The molecule has 5 nitrogen and oxygen atoms in total. The summed E-state index contributed by atoms with van der Waals surface area (Å²) in [6.45, 7) is 3.87. The van der Waals surface area contributed by atoms with Gasteiger partial charge < -0.3 is 4.90 Å². The fourth-order valence-corrected chi connectivity index (χ4v) is 3.14. The molecular formula is C15H18N4O. The lowest BCUT2D eigenvalue weighted by Crippen LogP contribution is -2.39. The summed E-state index contributed by atoms with van der Waals surface area (Å²) in [6, 6.07) is 5.84. The maximum absolute atomic E-state index is 12.5. The molecule has 0 spiro atoms. The molecule has 0 N–H and O–H groups in total. The SMILES string of the molecule is N#Cc1ccc(C(=O)N2CCCN3CCCC3C2)nc1. The quantitative estimate of drug-likeness (QED) is 0.771. The van der Waals surface area contributed by atoms with E-state index >= 15 is 0 Å². The van der Waals surface area contributed by atoms with Crippen LogP contribution in [0.15, 0.2) is 18.3 Å². The highest BCUT2D eigenvalue weighted by atomic mass is 16.2. The Morgan fingerprint density at radius 2 is 2.15 bits per heavy atom. The molecule has 2 fully saturated rings. The van der Waals surface area contributed by atoms with E-state index in [9.17, 15) is 4.79 Å². The van der Waals surface area contributed by atoms with Gasteiger partial charge in [-0.15, -0.1) is 0 Å². The Hall–Kier alpha value is -1.93. The Bertz CT molecular complexity index is 534. The Morgan fingerprint density at radius 3 is 2.90 bits per heavy atom. The number of nitrogens with zero attached hydrogens (tertiary/aromatic N) is 4. The molecule has 5 heteroatoms. The third kappa shape index (κ3) is 2.52. The van der Waals surface area contributed by atoms with Crippen LogP contribution in [0.4, 0.5) is 0 Å². The number of carbonyl (C=O) groups excluding carboxylic acids is 1. The van der Waals surface area contributed by atoms with Crippen LogP contribution in [0.3, 0.4) is 0 Å². The molecule has 1 atom stereocenters. The van der Waals surface area contributed by atoms with Gasteiger partial charge in [0.25, 0.3) is 5.91 Å². The van der Waals surface area contributed by atoms with Gasteiger partial charge in [-0.1, -0.05) is 0 Å². The smallest absolute Gasteiger partial charge is 0.272 e. The van der Waals surface area contributed by atoms with Crippen LogP contribution in [0.5, 0.6) is 0 Å². The zero-order chi connectivity index (χ0) is 13.9. The number of hydrogen-bond donors (Lipinski definition) is 0. The van der Waals surface area contributed by atoms with E-state index in [-0.39, 0.29) is 5.91 Å². The molecule has 0 saturated carbocycles. The third-order valence-corrected chi connectivity index (χ3v) is 4.20. The number of pyridine rings is 1. The summed E-state index contributed by atoms with van der Waals surface area (Å²) in [7, 11) is 0. The van der Waals surface area contributed by atoms with Gasteiger partial charge in [0.05, 0.1) is 5.56 Å². The first-order valence-corrected chi connectivity index (χ1v) is 7.17. The molecule has 0 aliphatic carbocycles. The highest BCUT2D eigenvalue weighted by molar-refractivity contribution is 5.92. The second kappa shape index (κ2) is 5.59. The summed E-state index contributed by atoms with van der Waals surface area (Å²) in [6.07, 6.45) is 4.91. The highest BCUT2D eigenvalue weighted by Crippen LogP contribution is 2.22. The van der Waals surface area contributed by atoms with Crippen molar-refractivity contribution in [3.63, 3.8) is 0 Å². The Kier molecular flexibility index (Phi) is 3.66. The maximum atomic E-state index is 12.5. The number of hydrogen-bond acceptors (Lipinski definition) is 4. The minimum atomic E-state index is -0.0109. The summed E-state index contributed by atoms with van der Waals surface area (Å²) < 4.78 is 0. The van der Waals surface area contributed by atoms with E-state index in [1.54, 1.807) is 12.1 Å². The monoisotopic (exact) mass is 270 g/mol. The van der Waals surface area contributed by atoms with E-state index in [4.69, 9.17) is 5.26 Å². The fraction of sp³-hybridized carbons (Fsp3) is 0.533. The molecule has 0 bridgehead atoms. The van der Waals surface area contributed by atoms with Crippen LogP contribution in [0.25, 0.3) is 0 Å². The number of nitriles is 1. The summed E-state index contributed by atoms with van der Waals surface area (Å²) in [5.74, 6) is -0.0109. The van der Waals surface area contributed by atoms with Crippen molar-refractivity contribution in [2.45, 2.75) is 25.3 Å². The molecule has 2 aliphatic rings. The first-order chi connectivity index (χ1) is 9.78. The zero-order valence-electron chi connectivity index (χ0n) is 11.5. The molecule has 0 radical (unpaired) electrons. The van der Waals surface area contributed by atoms with Crippen LogP contribution in [0.1, 0.15) is 35.3 Å². The minimum absolute atomic E-state index is 0.0109. The van der Waals surface area contributed by atoms with E-state index in [0.29, 0.717) is 17.3 Å². The van der Waals surface area contributed by atoms with Crippen LogP contribution in [-0.4, -0.2) is 52.9 Å². The standard InChI is InChI=1S/C15H18N4O/c16-9-12-4-5-14(17-10-12)15(20)19-8-2-7-18-6-1-3-13(18)11-19/h4-5,10,13H,1-3,6-8,11H2. The normalized spacial score (nSPS) is 22.9. The van der Waals surface area contributed by atoms with Gasteiger partial charge in [0, 0.05) is 31.9 Å². The van der Waals surface area contributed by atoms with Crippen molar-refractivity contribution in [2.24, 2.45) is 0 Å². The Labute approximate surface area is 118 Å². The summed E-state index contributed by atoms with van der Waals surface area (Å²) in [4.78, 5) is 21.0. The van der Waals surface area contributed by atoms with Crippen molar-refractivity contribution in [3.05, 3.63) is 29.6 Å². The fourth-order valence-electron chi connectivity index (χ4n) is 3.14. The van der Waals surface area contributed by atoms with Crippen molar-refractivity contribution in [3.8, 4) is 6.07 Å². The molecule has 1 unspecified atom stereocenters. The molecule has 3 heterocycles. The second-order valence-electron chi connectivity index (χ2n) is 5.48. The number of amides is 1. The lowest BCUT2D eigenvalue weighted by atomic mass is 10.2. The Balaban J connectivity index is 1.73. The predicted octanol–water partition coefficient (Wildman–Crippen LogP) is 1.26. The molecule has 1 aromatic heterocycles. The first-order valence-electron chi connectivity index (χ1n) is 7.17. The van der Waals surface area contributed by atoms with Crippen LogP contribution in [0.2, 0.25) is 0 Å². The zero-order valence-corrected chi connectivity index (χ0v) is 11.5. The van der Waals surface area contributed by atoms with Gasteiger partial charge >= 0.3 is 0 Å². The van der Waals surface area contributed by atoms with E-state index in [0.717, 1.165) is 26.1 Å². The van der Waals surface area contributed by atoms with E-state index in [2.05, 4.69) is 9.88 Å². The molecule has 0 aromatic carbocycles. The van der Waals surface area contributed by atoms with Crippen molar-refractivity contribution in [1.29, 1.82) is 5.26 Å². The third-order valence-electron chi connectivity index (χ3n) is 4.20. The van der Waals surface area contributed by atoms with Crippen LogP contribution in [-0.2, 0) is 0 Å². The van der Waals surface area contributed by atoms with Gasteiger partial charge in [0.1, 0.15) is 11.8 Å². The van der Waals surface area contributed by atoms with Crippen LogP contribution in [0, 0.1) is 11.3 Å². The van der Waals surface area contributed by atoms with E-state index in [1.165, 1.54) is 25.6 Å². The van der Waals surface area contributed by atoms with Gasteiger partial charge in [-0.25, -0.2) is 4.98 Å². The highest BCUT2D eigenvalue weighted by Gasteiger charge is 2.31. The van der Waals surface area contributed by atoms with Crippen molar-refractivity contribution in [2.75, 3.05) is 26.2 Å². The van der Waals surface area contributed by atoms with Crippen LogP contribution < -0.4 is 0 Å². The molecule has 1 amide bonds. The van der Waals surface area contributed by atoms with Crippen molar-refractivity contribution < 1.29 is 4.79 Å². The van der Waals surface area contributed by atoms with Crippen molar-refractivity contribution >= 4 is 5.91 Å². The van der Waals surface area contributed by atoms with Crippen molar-refractivity contribution in [1.82, 2.24) is 14.8 Å². The largest absolute Gasteiger partial charge is 0.336 e.